The minimum Gasteiger partial charge on any atom is -0.393 e. The van der Waals surface area contributed by atoms with E-state index in [4.69, 9.17) is 0 Å². The van der Waals surface area contributed by atoms with E-state index >= 15 is 0 Å². The van der Waals surface area contributed by atoms with Crippen molar-refractivity contribution < 1.29 is 5.11 Å². The van der Waals surface area contributed by atoms with Crippen LogP contribution < -0.4 is 5.32 Å². The van der Waals surface area contributed by atoms with Crippen molar-refractivity contribution in [1.82, 2.24) is 5.32 Å². The Morgan fingerprint density at radius 1 is 1.50 bits per heavy atom. The van der Waals surface area contributed by atoms with Crippen LogP contribution in [0.25, 0.3) is 0 Å². The Kier molecular flexibility index (Phi) is 4.58. The summed E-state index contributed by atoms with van der Waals surface area (Å²) in [5.74, 6) is 0. The zero-order valence-electron chi connectivity index (χ0n) is 9.08. The van der Waals surface area contributed by atoms with Gasteiger partial charge in [-0.3, -0.25) is 0 Å². The lowest BCUT2D eigenvalue weighted by molar-refractivity contribution is 0.170. The maximum Gasteiger partial charge on any atom is 0.0526 e. The minimum absolute atomic E-state index is 0.220. The summed E-state index contributed by atoms with van der Waals surface area (Å²) in [4.78, 5) is 1.39. The molecule has 80 valence electrons. The molecule has 0 aliphatic rings. The van der Waals surface area contributed by atoms with Crippen molar-refractivity contribution in [3.05, 3.63) is 21.9 Å². The molecule has 0 saturated heterocycles. The zero-order chi connectivity index (χ0) is 10.6. The van der Waals surface area contributed by atoms with E-state index in [0.717, 1.165) is 13.0 Å². The van der Waals surface area contributed by atoms with Gasteiger partial charge in [0.05, 0.1) is 6.10 Å². The number of aliphatic hydroxyl groups is 1. The maximum absolute atomic E-state index is 9.20. The summed E-state index contributed by atoms with van der Waals surface area (Å²) < 4.78 is 0. The van der Waals surface area contributed by atoms with Gasteiger partial charge in [0.2, 0.25) is 0 Å². The van der Waals surface area contributed by atoms with Crippen molar-refractivity contribution in [3.8, 4) is 0 Å². The van der Waals surface area contributed by atoms with Crippen LogP contribution in [0.5, 0.6) is 0 Å². The summed E-state index contributed by atoms with van der Waals surface area (Å²) in [5.41, 5.74) is 1.35. The second-order valence-corrected chi connectivity index (χ2v) is 4.89. The van der Waals surface area contributed by atoms with Crippen LogP contribution in [0.3, 0.4) is 0 Å². The van der Waals surface area contributed by atoms with E-state index in [2.05, 4.69) is 30.6 Å². The average Bonchev–Trinajstić information content (AvgIpc) is 2.46. The predicted octanol–water partition coefficient (Wildman–Crippen LogP) is 2.31. The van der Waals surface area contributed by atoms with Gasteiger partial charge in [-0.1, -0.05) is 0 Å². The second kappa shape index (κ2) is 5.49. The third-order valence-electron chi connectivity index (χ3n) is 2.27. The van der Waals surface area contributed by atoms with Crippen molar-refractivity contribution in [1.29, 1.82) is 0 Å². The first kappa shape index (κ1) is 11.7. The lowest BCUT2D eigenvalue weighted by Gasteiger charge is -2.14. The van der Waals surface area contributed by atoms with E-state index in [1.807, 2.05) is 6.92 Å². The van der Waals surface area contributed by atoms with E-state index in [0.29, 0.717) is 6.04 Å². The minimum atomic E-state index is -0.220. The first-order valence-electron chi connectivity index (χ1n) is 5.04. The monoisotopic (exact) mass is 213 g/mol. The Morgan fingerprint density at radius 3 is 2.71 bits per heavy atom. The van der Waals surface area contributed by atoms with E-state index in [-0.39, 0.29) is 6.10 Å². The largest absolute Gasteiger partial charge is 0.393 e. The van der Waals surface area contributed by atoms with Crippen molar-refractivity contribution >= 4 is 11.3 Å². The Labute approximate surface area is 90.0 Å². The van der Waals surface area contributed by atoms with Gasteiger partial charge in [0.15, 0.2) is 0 Å². The first-order valence-corrected chi connectivity index (χ1v) is 5.92. The molecule has 3 heteroatoms. The average molecular weight is 213 g/mol. The summed E-state index contributed by atoms with van der Waals surface area (Å²) in [6.07, 6.45) is 0.590. The predicted molar refractivity (Wildman–Crippen MR) is 61.7 cm³/mol. The number of hydrogen-bond donors (Lipinski definition) is 2. The smallest absolute Gasteiger partial charge is 0.0526 e. The number of rotatable bonds is 5. The van der Waals surface area contributed by atoms with Crippen LogP contribution in [0.4, 0.5) is 0 Å². The van der Waals surface area contributed by atoms with E-state index in [1.165, 1.54) is 10.4 Å². The fourth-order valence-corrected chi connectivity index (χ4v) is 2.30. The normalized spacial score (nSPS) is 15.4. The Morgan fingerprint density at radius 2 is 2.21 bits per heavy atom. The van der Waals surface area contributed by atoms with Gasteiger partial charge in [-0.2, -0.15) is 0 Å². The van der Waals surface area contributed by atoms with Gasteiger partial charge in [0.1, 0.15) is 0 Å². The molecule has 1 heterocycles. The number of thiophene rings is 1. The van der Waals surface area contributed by atoms with Gasteiger partial charge in [-0.25, -0.2) is 0 Å². The lowest BCUT2D eigenvalue weighted by Crippen LogP contribution is -2.28. The molecule has 2 unspecified atom stereocenters. The molecule has 0 spiro atoms. The van der Waals surface area contributed by atoms with Crippen molar-refractivity contribution in [2.75, 3.05) is 0 Å². The van der Waals surface area contributed by atoms with Gasteiger partial charge in [-0.15, -0.1) is 11.3 Å². The molecular formula is C11H19NOS. The Hall–Kier alpha value is -0.380. The van der Waals surface area contributed by atoms with Gasteiger partial charge < -0.3 is 10.4 Å². The molecule has 1 aromatic heterocycles. The Bertz CT molecular complexity index is 270. The fourth-order valence-electron chi connectivity index (χ4n) is 1.45. The molecule has 0 aromatic carbocycles. The molecule has 2 atom stereocenters. The summed E-state index contributed by atoms with van der Waals surface area (Å²) in [6.45, 7) is 6.98. The van der Waals surface area contributed by atoms with Gasteiger partial charge in [0.25, 0.3) is 0 Å². The number of aryl methyl sites for hydroxylation is 1. The summed E-state index contributed by atoms with van der Waals surface area (Å²) in [5, 5.41) is 14.7. The highest BCUT2D eigenvalue weighted by Gasteiger charge is 2.06. The molecule has 14 heavy (non-hydrogen) atoms. The highest BCUT2D eigenvalue weighted by molar-refractivity contribution is 7.10. The number of aliphatic hydroxyl groups excluding tert-OH is 1. The second-order valence-electron chi connectivity index (χ2n) is 3.89. The van der Waals surface area contributed by atoms with Gasteiger partial charge >= 0.3 is 0 Å². The summed E-state index contributed by atoms with van der Waals surface area (Å²) >= 11 is 1.79. The SMILES string of the molecule is Cc1ccsc1CNC(C)CC(C)O. The van der Waals surface area contributed by atoms with Crippen LogP contribution in [-0.2, 0) is 6.54 Å². The molecular weight excluding hydrogens is 194 g/mol. The van der Waals surface area contributed by atoms with Gasteiger partial charge in [0, 0.05) is 17.5 Å². The van der Waals surface area contributed by atoms with E-state index in [9.17, 15) is 5.11 Å². The van der Waals surface area contributed by atoms with Crippen LogP contribution in [0.15, 0.2) is 11.4 Å². The number of hydrogen-bond acceptors (Lipinski definition) is 3. The molecule has 2 N–H and O–H groups in total. The molecule has 2 nitrogen and oxygen atoms in total. The van der Waals surface area contributed by atoms with Crippen molar-refractivity contribution in [2.45, 2.75) is 45.9 Å². The summed E-state index contributed by atoms with van der Waals surface area (Å²) in [7, 11) is 0. The van der Waals surface area contributed by atoms with Crippen molar-refractivity contribution in [3.63, 3.8) is 0 Å². The molecule has 1 aromatic rings. The topological polar surface area (TPSA) is 32.3 Å². The van der Waals surface area contributed by atoms with Crippen molar-refractivity contribution in [2.24, 2.45) is 0 Å². The van der Waals surface area contributed by atoms with Crippen LogP contribution in [0.1, 0.15) is 30.7 Å². The summed E-state index contributed by atoms with van der Waals surface area (Å²) in [6, 6.07) is 2.51. The quantitative estimate of drug-likeness (QED) is 0.786. The number of nitrogens with one attached hydrogen (secondary N) is 1. The highest BCUT2D eigenvalue weighted by atomic mass is 32.1. The lowest BCUT2D eigenvalue weighted by atomic mass is 10.1. The van der Waals surface area contributed by atoms with Crippen LogP contribution in [-0.4, -0.2) is 17.3 Å². The standard InChI is InChI=1S/C11H19NOS/c1-8-4-5-14-11(8)7-12-9(2)6-10(3)13/h4-5,9-10,12-13H,6-7H2,1-3H3. The molecule has 1 rings (SSSR count). The van der Waals surface area contributed by atoms with Crippen LogP contribution >= 0.6 is 11.3 Å². The Balaban J connectivity index is 2.30. The maximum atomic E-state index is 9.20. The highest BCUT2D eigenvalue weighted by Crippen LogP contribution is 2.15. The molecule has 0 aliphatic carbocycles. The molecule has 0 fully saturated rings. The molecule has 0 aliphatic heterocycles. The molecule has 0 radical (unpaired) electrons. The third kappa shape index (κ3) is 3.78. The fraction of sp³-hybridized carbons (Fsp3) is 0.636. The third-order valence-corrected chi connectivity index (χ3v) is 3.30. The van der Waals surface area contributed by atoms with Crippen LogP contribution in [0, 0.1) is 6.92 Å². The van der Waals surface area contributed by atoms with E-state index in [1.54, 1.807) is 11.3 Å². The zero-order valence-corrected chi connectivity index (χ0v) is 9.90. The van der Waals surface area contributed by atoms with E-state index < -0.39 is 0 Å². The molecule has 0 saturated carbocycles. The van der Waals surface area contributed by atoms with Crippen LogP contribution in [0.2, 0.25) is 0 Å². The molecule has 0 amide bonds. The first-order chi connectivity index (χ1) is 6.59. The van der Waals surface area contributed by atoms with Gasteiger partial charge in [-0.05, 0) is 44.2 Å². The molecule has 0 bridgehead atoms.